The zero-order chi connectivity index (χ0) is 13.3. The Morgan fingerprint density at radius 3 is 2.56 bits per heavy atom. The molecule has 7 heteroatoms. The quantitative estimate of drug-likeness (QED) is 0.898. The normalized spacial score (nSPS) is 13.6. The van der Waals surface area contributed by atoms with Crippen molar-refractivity contribution in [2.24, 2.45) is 0 Å². The molecular weight excluding hydrogens is 247 g/mol. The molecule has 0 spiro atoms. The van der Waals surface area contributed by atoms with E-state index >= 15 is 0 Å². The fourth-order valence-corrected chi connectivity index (χ4v) is 1.39. The van der Waals surface area contributed by atoms with E-state index in [1.165, 1.54) is 0 Å². The lowest BCUT2D eigenvalue weighted by Gasteiger charge is -2.17. The Morgan fingerprint density at radius 2 is 1.89 bits per heavy atom. The van der Waals surface area contributed by atoms with Gasteiger partial charge in [0, 0.05) is 0 Å². The van der Waals surface area contributed by atoms with Gasteiger partial charge < -0.3 is 10.5 Å². The molecule has 2 N–H and O–H groups in total. The molecule has 0 radical (unpaired) electrons. The summed E-state index contributed by atoms with van der Waals surface area (Å²) in [5.41, 5.74) is 5.87. The standard InChI is InChI=1S/C11H10F3N3O/c1-6(11(12,13)14)18-9-7-4-2-3-5-8(7)16-10(15)17-9/h2-6H,1H3,(H2,15,16,17). The monoisotopic (exact) mass is 257 g/mol. The van der Waals surface area contributed by atoms with Crippen molar-refractivity contribution in [2.45, 2.75) is 19.2 Å². The summed E-state index contributed by atoms with van der Waals surface area (Å²) in [5, 5.41) is 0.391. The van der Waals surface area contributed by atoms with Crippen molar-refractivity contribution < 1.29 is 17.9 Å². The summed E-state index contributed by atoms with van der Waals surface area (Å²) in [4.78, 5) is 7.61. The summed E-state index contributed by atoms with van der Waals surface area (Å²) in [7, 11) is 0. The Labute approximate surface area is 101 Å². The molecule has 1 unspecified atom stereocenters. The Kier molecular flexibility index (Phi) is 2.98. The molecule has 1 heterocycles. The van der Waals surface area contributed by atoms with Gasteiger partial charge in [-0.3, -0.25) is 0 Å². The average Bonchev–Trinajstić information content (AvgIpc) is 2.27. The molecule has 1 aromatic carbocycles. The lowest BCUT2D eigenvalue weighted by Crippen LogP contribution is -2.31. The van der Waals surface area contributed by atoms with Crippen LogP contribution >= 0.6 is 0 Å². The molecule has 0 fully saturated rings. The third kappa shape index (κ3) is 2.44. The van der Waals surface area contributed by atoms with Gasteiger partial charge in [0.05, 0.1) is 10.9 Å². The van der Waals surface area contributed by atoms with E-state index in [0.29, 0.717) is 10.9 Å². The highest BCUT2D eigenvalue weighted by atomic mass is 19.4. The molecule has 1 atom stereocenters. The molecule has 0 saturated heterocycles. The van der Waals surface area contributed by atoms with Crippen molar-refractivity contribution in [3.05, 3.63) is 24.3 Å². The molecule has 96 valence electrons. The van der Waals surface area contributed by atoms with E-state index in [9.17, 15) is 13.2 Å². The van der Waals surface area contributed by atoms with Crippen molar-refractivity contribution in [3.63, 3.8) is 0 Å². The Balaban J connectivity index is 2.44. The van der Waals surface area contributed by atoms with Gasteiger partial charge in [-0.2, -0.15) is 18.2 Å². The highest BCUT2D eigenvalue weighted by Crippen LogP contribution is 2.28. The van der Waals surface area contributed by atoms with Gasteiger partial charge in [-0.05, 0) is 19.1 Å². The van der Waals surface area contributed by atoms with Crippen molar-refractivity contribution in [1.29, 1.82) is 0 Å². The molecule has 18 heavy (non-hydrogen) atoms. The van der Waals surface area contributed by atoms with Gasteiger partial charge in [-0.1, -0.05) is 12.1 Å². The maximum atomic E-state index is 12.4. The third-order valence-corrected chi connectivity index (χ3v) is 2.33. The SMILES string of the molecule is CC(Oc1nc(N)nc2ccccc12)C(F)(F)F. The van der Waals surface area contributed by atoms with Crippen LogP contribution in [0.15, 0.2) is 24.3 Å². The molecule has 4 nitrogen and oxygen atoms in total. The molecule has 0 bridgehead atoms. The second-order valence-corrected chi connectivity index (χ2v) is 3.71. The predicted molar refractivity (Wildman–Crippen MR) is 60.1 cm³/mol. The van der Waals surface area contributed by atoms with Crippen LogP contribution in [-0.4, -0.2) is 22.2 Å². The van der Waals surface area contributed by atoms with E-state index in [1.54, 1.807) is 24.3 Å². The van der Waals surface area contributed by atoms with Crippen molar-refractivity contribution in [1.82, 2.24) is 9.97 Å². The van der Waals surface area contributed by atoms with E-state index in [2.05, 4.69) is 9.97 Å². The summed E-state index contributed by atoms with van der Waals surface area (Å²) in [5.74, 6) is -0.291. The second kappa shape index (κ2) is 4.32. The summed E-state index contributed by atoms with van der Waals surface area (Å²) < 4.78 is 42.1. The molecular formula is C11H10F3N3O. The van der Waals surface area contributed by atoms with E-state index in [1.807, 2.05) is 0 Å². The van der Waals surface area contributed by atoms with Crippen LogP contribution in [0.2, 0.25) is 0 Å². The van der Waals surface area contributed by atoms with Crippen LogP contribution in [-0.2, 0) is 0 Å². The number of halogens is 3. The summed E-state index contributed by atoms with van der Waals surface area (Å²) in [6.07, 6.45) is -6.42. The summed E-state index contributed by atoms with van der Waals surface area (Å²) in [6.45, 7) is 0.910. The van der Waals surface area contributed by atoms with Crippen molar-refractivity contribution >= 4 is 16.9 Å². The molecule has 1 aromatic heterocycles. The lowest BCUT2D eigenvalue weighted by atomic mass is 10.2. The van der Waals surface area contributed by atoms with Gasteiger partial charge in [0.2, 0.25) is 11.8 Å². The minimum atomic E-state index is -4.46. The first kappa shape index (κ1) is 12.4. The number of fused-ring (bicyclic) bond motifs is 1. The highest BCUT2D eigenvalue weighted by molar-refractivity contribution is 5.84. The number of nitrogen functional groups attached to an aromatic ring is 1. The number of nitrogens with zero attached hydrogens (tertiary/aromatic N) is 2. The van der Waals surface area contributed by atoms with Crippen LogP contribution < -0.4 is 10.5 Å². The van der Waals surface area contributed by atoms with Gasteiger partial charge in [0.15, 0.2) is 6.10 Å². The number of anilines is 1. The average molecular weight is 257 g/mol. The van der Waals surface area contributed by atoms with Crippen LogP contribution in [0.4, 0.5) is 19.1 Å². The van der Waals surface area contributed by atoms with Crippen LogP contribution in [0.5, 0.6) is 5.88 Å². The van der Waals surface area contributed by atoms with Gasteiger partial charge >= 0.3 is 6.18 Å². The van der Waals surface area contributed by atoms with Gasteiger partial charge in [-0.15, -0.1) is 0 Å². The van der Waals surface area contributed by atoms with E-state index in [0.717, 1.165) is 6.92 Å². The van der Waals surface area contributed by atoms with Crippen LogP contribution in [0.1, 0.15) is 6.92 Å². The number of nitrogens with two attached hydrogens (primary N) is 1. The third-order valence-electron chi connectivity index (χ3n) is 2.33. The molecule has 0 aliphatic carbocycles. The zero-order valence-corrected chi connectivity index (χ0v) is 9.40. The fraction of sp³-hybridized carbons (Fsp3) is 0.273. The largest absolute Gasteiger partial charge is 0.464 e. The predicted octanol–water partition coefficient (Wildman–Crippen LogP) is 2.54. The summed E-state index contributed by atoms with van der Waals surface area (Å²) in [6, 6.07) is 6.56. The van der Waals surface area contributed by atoms with E-state index in [4.69, 9.17) is 10.5 Å². The molecule has 0 saturated carbocycles. The van der Waals surface area contributed by atoms with E-state index in [-0.39, 0.29) is 11.8 Å². The lowest BCUT2D eigenvalue weighted by molar-refractivity contribution is -0.189. The molecule has 0 aliphatic heterocycles. The topological polar surface area (TPSA) is 61.0 Å². The number of alkyl halides is 3. The van der Waals surface area contributed by atoms with Crippen LogP contribution in [0.25, 0.3) is 10.9 Å². The number of rotatable bonds is 2. The first-order valence-electron chi connectivity index (χ1n) is 5.13. The zero-order valence-electron chi connectivity index (χ0n) is 9.40. The maximum Gasteiger partial charge on any atom is 0.425 e. The first-order valence-corrected chi connectivity index (χ1v) is 5.13. The van der Waals surface area contributed by atoms with Crippen LogP contribution in [0, 0.1) is 0 Å². The maximum absolute atomic E-state index is 12.4. The molecule has 2 rings (SSSR count). The Morgan fingerprint density at radius 1 is 1.22 bits per heavy atom. The van der Waals surface area contributed by atoms with Crippen molar-refractivity contribution in [3.8, 4) is 5.88 Å². The van der Waals surface area contributed by atoms with Gasteiger partial charge in [0.25, 0.3) is 0 Å². The molecule has 0 aliphatic rings. The minimum Gasteiger partial charge on any atom is -0.464 e. The first-order chi connectivity index (χ1) is 8.38. The number of hydrogen-bond acceptors (Lipinski definition) is 4. The summed E-state index contributed by atoms with van der Waals surface area (Å²) >= 11 is 0. The van der Waals surface area contributed by atoms with Gasteiger partial charge in [0.1, 0.15) is 0 Å². The number of para-hydroxylation sites is 1. The Hall–Kier alpha value is -2.05. The number of ether oxygens (including phenoxy) is 1. The fourth-order valence-electron chi connectivity index (χ4n) is 1.39. The molecule has 2 aromatic rings. The van der Waals surface area contributed by atoms with Crippen LogP contribution in [0.3, 0.4) is 0 Å². The number of hydrogen-bond donors (Lipinski definition) is 1. The van der Waals surface area contributed by atoms with E-state index < -0.39 is 12.3 Å². The van der Waals surface area contributed by atoms with Crippen molar-refractivity contribution in [2.75, 3.05) is 5.73 Å². The molecule has 0 amide bonds. The van der Waals surface area contributed by atoms with Gasteiger partial charge in [-0.25, -0.2) is 4.98 Å². The second-order valence-electron chi connectivity index (χ2n) is 3.71. The Bertz CT molecular complexity index is 571. The highest BCUT2D eigenvalue weighted by Gasteiger charge is 2.38. The number of benzene rings is 1. The number of aromatic nitrogens is 2. The smallest absolute Gasteiger partial charge is 0.425 e. The minimum absolute atomic E-state index is 0.127.